The Morgan fingerprint density at radius 3 is 2.71 bits per heavy atom. The van der Waals surface area contributed by atoms with Gasteiger partial charge in [0.2, 0.25) is 0 Å². The number of rotatable bonds is 4. The molecular formula is C11H19N3. The first-order valence-electron chi connectivity index (χ1n) is 5.05. The van der Waals surface area contributed by atoms with Crippen LogP contribution in [0.1, 0.15) is 32.4 Å². The molecule has 0 radical (unpaired) electrons. The van der Waals surface area contributed by atoms with Crippen LogP contribution in [0.25, 0.3) is 0 Å². The number of anilines is 1. The molecule has 1 heterocycles. The van der Waals surface area contributed by atoms with Crippen LogP contribution in [0.2, 0.25) is 0 Å². The lowest BCUT2D eigenvalue weighted by atomic mass is 10.1. The highest BCUT2D eigenvalue weighted by molar-refractivity contribution is 5.38. The lowest BCUT2D eigenvalue weighted by Crippen LogP contribution is -2.11. The van der Waals surface area contributed by atoms with E-state index in [1.807, 2.05) is 19.1 Å². The first-order chi connectivity index (χ1) is 6.59. The Labute approximate surface area is 85.7 Å². The maximum Gasteiger partial charge on any atom is 0.126 e. The summed E-state index contributed by atoms with van der Waals surface area (Å²) in [6.45, 7) is 7.25. The summed E-state index contributed by atoms with van der Waals surface area (Å²) < 4.78 is 0. The molecule has 1 unspecified atom stereocenters. The van der Waals surface area contributed by atoms with E-state index in [9.17, 15) is 0 Å². The average molecular weight is 193 g/mol. The minimum atomic E-state index is 0.0672. The molecule has 0 aliphatic rings. The highest BCUT2D eigenvalue weighted by Gasteiger charge is 2.01. The molecule has 14 heavy (non-hydrogen) atoms. The Morgan fingerprint density at radius 2 is 2.14 bits per heavy atom. The van der Waals surface area contributed by atoms with Crippen molar-refractivity contribution < 1.29 is 0 Å². The van der Waals surface area contributed by atoms with E-state index < -0.39 is 0 Å². The molecule has 3 nitrogen and oxygen atoms in total. The average Bonchev–Trinajstić information content (AvgIpc) is 2.15. The number of nitrogens with one attached hydrogen (secondary N) is 1. The highest BCUT2D eigenvalue weighted by Crippen LogP contribution is 2.12. The molecule has 1 rings (SSSR count). The van der Waals surface area contributed by atoms with Gasteiger partial charge in [0.15, 0.2) is 0 Å². The zero-order valence-corrected chi connectivity index (χ0v) is 9.12. The largest absolute Gasteiger partial charge is 0.370 e. The van der Waals surface area contributed by atoms with Crippen molar-refractivity contribution in [3.05, 3.63) is 23.9 Å². The lowest BCUT2D eigenvalue weighted by molar-refractivity contribution is 0.686. The molecule has 0 bridgehead atoms. The van der Waals surface area contributed by atoms with E-state index in [1.54, 1.807) is 6.20 Å². The summed E-state index contributed by atoms with van der Waals surface area (Å²) in [5.74, 6) is 1.53. The number of nitrogens with two attached hydrogens (primary N) is 1. The van der Waals surface area contributed by atoms with Gasteiger partial charge >= 0.3 is 0 Å². The Hall–Kier alpha value is -1.09. The summed E-state index contributed by atoms with van der Waals surface area (Å²) in [5.41, 5.74) is 6.90. The fourth-order valence-corrected chi connectivity index (χ4v) is 1.14. The van der Waals surface area contributed by atoms with Crippen LogP contribution in [-0.2, 0) is 0 Å². The van der Waals surface area contributed by atoms with E-state index in [2.05, 4.69) is 24.1 Å². The third-order valence-electron chi connectivity index (χ3n) is 2.00. The topological polar surface area (TPSA) is 50.9 Å². The summed E-state index contributed by atoms with van der Waals surface area (Å²) in [6.07, 6.45) is 1.79. The molecular weight excluding hydrogens is 174 g/mol. The quantitative estimate of drug-likeness (QED) is 0.770. The van der Waals surface area contributed by atoms with E-state index in [-0.39, 0.29) is 6.04 Å². The predicted molar refractivity (Wildman–Crippen MR) is 60.2 cm³/mol. The van der Waals surface area contributed by atoms with Crippen LogP contribution in [0.4, 0.5) is 5.82 Å². The maximum absolute atomic E-state index is 5.78. The summed E-state index contributed by atoms with van der Waals surface area (Å²) >= 11 is 0. The Kier molecular flexibility index (Phi) is 3.89. The molecule has 0 aliphatic carbocycles. The van der Waals surface area contributed by atoms with Crippen molar-refractivity contribution in [3.8, 4) is 0 Å². The molecule has 0 amide bonds. The highest BCUT2D eigenvalue weighted by atomic mass is 15.0. The van der Waals surface area contributed by atoms with Gasteiger partial charge in [-0.3, -0.25) is 0 Å². The van der Waals surface area contributed by atoms with Crippen LogP contribution in [0.5, 0.6) is 0 Å². The third-order valence-corrected chi connectivity index (χ3v) is 2.00. The van der Waals surface area contributed by atoms with Gasteiger partial charge in [0.1, 0.15) is 5.82 Å². The minimum absolute atomic E-state index is 0.0672. The molecule has 1 aromatic rings. The number of hydrogen-bond acceptors (Lipinski definition) is 3. The van der Waals surface area contributed by atoms with Gasteiger partial charge in [-0.15, -0.1) is 0 Å². The van der Waals surface area contributed by atoms with Gasteiger partial charge in [0.05, 0.1) is 0 Å². The molecule has 3 N–H and O–H groups in total. The normalized spacial score (nSPS) is 12.9. The van der Waals surface area contributed by atoms with Crippen LogP contribution in [0.15, 0.2) is 18.3 Å². The smallest absolute Gasteiger partial charge is 0.126 e. The number of hydrogen-bond donors (Lipinski definition) is 2. The summed E-state index contributed by atoms with van der Waals surface area (Å²) in [4.78, 5) is 4.23. The lowest BCUT2D eigenvalue weighted by Gasteiger charge is -2.10. The zero-order valence-electron chi connectivity index (χ0n) is 9.12. The second-order valence-corrected chi connectivity index (χ2v) is 4.04. The maximum atomic E-state index is 5.78. The van der Waals surface area contributed by atoms with Crippen molar-refractivity contribution in [2.75, 3.05) is 11.9 Å². The Balaban J connectivity index is 2.64. The second kappa shape index (κ2) is 4.96. The summed E-state index contributed by atoms with van der Waals surface area (Å²) in [7, 11) is 0. The Morgan fingerprint density at radius 1 is 1.43 bits per heavy atom. The van der Waals surface area contributed by atoms with E-state index in [0.29, 0.717) is 5.92 Å². The van der Waals surface area contributed by atoms with E-state index in [4.69, 9.17) is 5.73 Å². The third kappa shape index (κ3) is 3.34. The fraction of sp³-hybridized carbons (Fsp3) is 0.545. The molecule has 0 spiro atoms. The molecule has 1 atom stereocenters. The van der Waals surface area contributed by atoms with Gasteiger partial charge in [0.25, 0.3) is 0 Å². The monoisotopic (exact) mass is 193 g/mol. The van der Waals surface area contributed by atoms with Crippen molar-refractivity contribution in [2.45, 2.75) is 26.8 Å². The summed E-state index contributed by atoms with van der Waals surface area (Å²) in [5, 5.41) is 3.27. The zero-order chi connectivity index (χ0) is 10.6. The summed E-state index contributed by atoms with van der Waals surface area (Å²) in [6, 6.07) is 4.02. The SMILES string of the molecule is CC(C)CNc1cc(C(C)N)ccn1. The molecule has 0 fully saturated rings. The predicted octanol–water partition coefficient (Wildman–Crippen LogP) is 2.17. The van der Waals surface area contributed by atoms with Crippen LogP contribution >= 0.6 is 0 Å². The Bertz CT molecular complexity index is 282. The van der Waals surface area contributed by atoms with E-state index in [0.717, 1.165) is 17.9 Å². The molecule has 0 aromatic carbocycles. The number of nitrogens with zero attached hydrogens (tertiary/aromatic N) is 1. The van der Waals surface area contributed by atoms with Crippen molar-refractivity contribution in [3.63, 3.8) is 0 Å². The van der Waals surface area contributed by atoms with Gasteiger partial charge in [-0.25, -0.2) is 4.98 Å². The minimum Gasteiger partial charge on any atom is -0.370 e. The molecule has 3 heteroatoms. The fourth-order valence-electron chi connectivity index (χ4n) is 1.14. The van der Waals surface area contributed by atoms with Gasteiger partial charge in [0, 0.05) is 18.8 Å². The van der Waals surface area contributed by atoms with Gasteiger partial charge in [-0.05, 0) is 30.5 Å². The van der Waals surface area contributed by atoms with Crippen LogP contribution < -0.4 is 11.1 Å². The molecule has 0 saturated carbocycles. The van der Waals surface area contributed by atoms with Gasteiger partial charge in [-0.1, -0.05) is 13.8 Å². The van der Waals surface area contributed by atoms with Crippen LogP contribution in [0, 0.1) is 5.92 Å². The van der Waals surface area contributed by atoms with Crippen molar-refractivity contribution in [1.82, 2.24) is 4.98 Å². The first-order valence-corrected chi connectivity index (χ1v) is 5.05. The van der Waals surface area contributed by atoms with Crippen LogP contribution in [-0.4, -0.2) is 11.5 Å². The molecule has 78 valence electrons. The van der Waals surface area contributed by atoms with E-state index in [1.165, 1.54) is 0 Å². The molecule has 0 aliphatic heterocycles. The van der Waals surface area contributed by atoms with Crippen LogP contribution in [0.3, 0.4) is 0 Å². The molecule has 0 saturated heterocycles. The number of aromatic nitrogens is 1. The number of pyridine rings is 1. The first kappa shape index (κ1) is 11.0. The van der Waals surface area contributed by atoms with E-state index >= 15 is 0 Å². The second-order valence-electron chi connectivity index (χ2n) is 4.04. The molecule has 1 aromatic heterocycles. The van der Waals surface area contributed by atoms with Gasteiger partial charge < -0.3 is 11.1 Å². The standard InChI is InChI=1S/C11H19N3/c1-8(2)7-14-11-6-10(9(3)12)4-5-13-11/h4-6,8-9H,7,12H2,1-3H3,(H,13,14). The van der Waals surface area contributed by atoms with Crippen molar-refractivity contribution in [2.24, 2.45) is 11.7 Å². The van der Waals surface area contributed by atoms with Crippen molar-refractivity contribution >= 4 is 5.82 Å². The van der Waals surface area contributed by atoms with Crippen molar-refractivity contribution in [1.29, 1.82) is 0 Å². The van der Waals surface area contributed by atoms with Gasteiger partial charge in [-0.2, -0.15) is 0 Å².